The molecule has 0 aromatic heterocycles. The fourth-order valence-electron chi connectivity index (χ4n) is 1.78. The Labute approximate surface area is 97.0 Å². The van der Waals surface area contributed by atoms with E-state index in [1.165, 1.54) is 6.07 Å². The summed E-state index contributed by atoms with van der Waals surface area (Å²) < 4.78 is 13.7. The molecule has 0 saturated heterocycles. The Morgan fingerprint density at radius 1 is 1.44 bits per heavy atom. The van der Waals surface area contributed by atoms with Crippen LogP contribution in [0.2, 0.25) is 0 Å². The molecule has 3 heteroatoms. The van der Waals surface area contributed by atoms with Gasteiger partial charge in [-0.2, -0.15) is 0 Å². The smallest absolute Gasteiger partial charge is 0.128 e. The van der Waals surface area contributed by atoms with Crippen LogP contribution in [0.3, 0.4) is 0 Å². The summed E-state index contributed by atoms with van der Waals surface area (Å²) in [4.78, 5) is 0. The van der Waals surface area contributed by atoms with Gasteiger partial charge in [0, 0.05) is 11.6 Å². The first-order valence-corrected chi connectivity index (χ1v) is 5.80. The van der Waals surface area contributed by atoms with E-state index in [1.54, 1.807) is 6.07 Å². The average Bonchev–Trinajstić information content (AvgIpc) is 2.29. The molecule has 0 saturated carbocycles. The maximum absolute atomic E-state index is 13.7. The van der Waals surface area contributed by atoms with Crippen molar-refractivity contribution in [1.82, 2.24) is 5.43 Å². The van der Waals surface area contributed by atoms with Crippen molar-refractivity contribution in [2.75, 3.05) is 0 Å². The van der Waals surface area contributed by atoms with Crippen LogP contribution in [0.15, 0.2) is 18.2 Å². The number of hydrogen-bond donors (Lipinski definition) is 2. The first kappa shape index (κ1) is 13.1. The highest BCUT2D eigenvalue weighted by Gasteiger charge is 2.16. The van der Waals surface area contributed by atoms with Gasteiger partial charge in [0.05, 0.1) is 0 Å². The van der Waals surface area contributed by atoms with E-state index >= 15 is 0 Å². The summed E-state index contributed by atoms with van der Waals surface area (Å²) in [7, 11) is 0. The first-order chi connectivity index (χ1) is 7.58. The molecule has 0 amide bonds. The predicted molar refractivity (Wildman–Crippen MR) is 65.3 cm³/mol. The molecule has 2 unspecified atom stereocenters. The zero-order valence-electron chi connectivity index (χ0n) is 10.3. The minimum absolute atomic E-state index is 0.102. The molecule has 0 fully saturated rings. The van der Waals surface area contributed by atoms with Gasteiger partial charge in [-0.3, -0.25) is 11.3 Å². The first-order valence-electron chi connectivity index (χ1n) is 5.80. The molecule has 90 valence electrons. The fraction of sp³-hybridized carbons (Fsp3) is 0.538. The number of nitrogens with two attached hydrogens (primary N) is 1. The molecule has 1 aromatic rings. The van der Waals surface area contributed by atoms with E-state index in [-0.39, 0.29) is 11.9 Å². The van der Waals surface area contributed by atoms with E-state index in [2.05, 4.69) is 19.3 Å². The summed E-state index contributed by atoms with van der Waals surface area (Å²) in [5.41, 5.74) is 4.44. The maximum Gasteiger partial charge on any atom is 0.128 e. The lowest BCUT2D eigenvalue weighted by Crippen LogP contribution is -2.30. The van der Waals surface area contributed by atoms with Gasteiger partial charge in [-0.05, 0) is 25.3 Å². The van der Waals surface area contributed by atoms with Crippen molar-refractivity contribution in [2.45, 2.75) is 39.7 Å². The van der Waals surface area contributed by atoms with Crippen LogP contribution in [0.1, 0.15) is 43.9 Å². The standard InChI is InChI=1S/C13H21FN2/c1-4-9(2)8-13(16-15)11-7-10(3)5-6-12(11)14/h5-7,9,13,16H,4,8,15H2,1-3H3. The third kappa shape index (κ3) is 3.29. The minimum atomic E-state index is -0.183. The number of rotatable bonds is 5. The molecule has 1 rings (SSSR count). The maximum atomic E-state index is 13.7. The molecule has 2 atom stereocenters. The van der Waals surface area contributed by atoms with Gasteiger partial charge in [0.25, 0.3) is 0 Å². The van der Waals surface area contributed by atoms with Crippen LogP contribution in [-0.2, 0) is 0 Å². The Balaban J connectivity index is 2.89. The van der Waals surface area contributed by atoms with Crippen LogP contribution in [0.25, 0.3) is 0 Å². The van der Waals surface area contributed by atoms with Crippen molar-refractivity contribution in [3.63, 3.8) is 0 Å². The van der Waals surface area contributed by atoms with Gasteiger partial charge in [-0.15, -0.1) is 0 Å². The zero-order chi connectivity index (χ0) is 12.1. The Bertz CT molecular complexity index is 339. The lowest BCUT2D eigenvalue weighted by Gasteiger charge is -2.20. The van der Waals surface area contributed by atoms with Crippen molar-refractivity contribution < 1.29 is 4.39 Å². The molecule has 0 spiro atoms. The van der Waals surface area contributed by atoms with Gasteiger partial charge >= 0.3 is 0 Å². The highest BCUT2D eigenvalue weighted by molar-refractivity contribution is 5.26. The summed E-state index contributed by atoms with van der Waals surface area (Å²) in [5.74, 6) is 5.86. The molecule has 3 N–H and O–H groups in total. The van der Waals surface area contributed by atoms with Crippen molar-refractivity contribution in [2.24, 2.45) is 11.8 Å². The van der Waals surface area contributed by atoms with Crippen molar-refractivity contribution >= 4 is 0 Å². The lowest BCUT2D eigenvalue weighted by molar-refractivity contribution is 0.397. The minimum Gasteiger partial charge on any atom is -0.271 e. The van der Waals surface area contributed by atoms with Crippen LogP contribution in [0.5, 0.6) is 0 Å². The van der Waals surface area contributed by atoms with Crippen molar-refractivity contribution in [3.05, 3.63) is 35.1 Å². The Kier molecular flexibility index (Phi) is 4.90. The SMILES string of the molecule is CCC(C)CC(NN)c1cc(C)ccc1F. The number of aryl methyl sites for hydroxylation is 1. The van der Waals surface area contributed by atoms with Gasteiger partial charge < -0.3 is 0 Å². The van der Waals surface area contributed by atoms with E-state index in [0.717, 1.165) is 18.4 Å². The van der Waals surface area contributed by atoms with Crippen LogP contribution in [0, 0.1) is 18.7 Å². The van der Waals surface area contributed by atoms with Gasteiger partial charge in [0.1, 0.15) is 5.82 Å². The molecule has 2 nitrogen and oxygen atoms in total. The van der Waals surface area contributed by atoms with Crippen LogP contribution in [-0.4, -0.2) is 0 Å². The monoisotopic (exact) mass is 224 g/mol. The summed E-state index contributed by atoms with van der Waals surface area (Å²) in [6.45, 7) is 6.24. The van der Waals surface area contributed by atoms with Crippen molar-refractivity contribution in [3.8, 4) is 0 Å². The topological polar surface area (TPSA) is 38.0 Å². The molecule has 0 aliphatic carbocycles. The van der Waals surface area contributed by atoms with E-state index < -0.39 is 0 Å². The quantitative estimate of drug-likeness (QED) is 0.596. The lowest BCUT2D eigenvalue weighted by atomic mass is 9.93. The van der Waals surface area contributed by atoms with E-state index in [4.69, 9.17) is 5.84 Å². The summed E-state index contributed by atoms with van der Waals surface area (Å²) in [6, 6.07) is 5.04. The van der Waals surface area contributed by atoms with Gasteiger partial charge in [-0.1, -0.05) is 38.0 Å². The summed E-state index contributed by atoms with van der Waals surface area (Å²) >= 11 is 0. The van der Waals surface area contributed by atoms with Crippen LogP contribution >= 0.6 is 0 Å². The molecule has 16 heavy (non-hydrogen) atoms. The van der Waals surface area contributed by atoms with Crippen molar-refractivity contribution in [1.29, 1.82) is 0 Å². The van der Waals surface area contributed by atoms with Crippen LogP contribution in [0.4, 0.5) is 4.39 Å². The average molecular weight is 224 g/mol. The predicted octanol–water partition coefficient (Wildman–Crippen LogP) is 3.07. The highest BCUT2D eigenvalue weighted by Crippen LogP contribution is 2.25. The van der Waals surface area contributed by atoms with E-state index in [0.29, 0.717) is 11.5 Å². The normalized spacial score (nSPS) is 14.8. The van der Waals surface area contributed by atoms with Gasteiger partial charge in [0.2, 0.25) is 0 Å². The Morgan fingerprint density at radius 2 is 2.12 bits per heavy atom. The second kappa shape index (κ2) is 5.97. The largest absolute Gasteiger partial charge is 0.271 e. The fourth-order valence-corrected chi connectivity index (χ4v) is 1.78. The number of benzene rings is 1. The molecule has 0 aliphatic rings. The molecule has 0 aliphatic heterocycles. The second-order valence-corrected chi connectivity index (χ2v) is 4.49. The van der Waals surface area contributed by atoms with Crippen LogP contribution < -0.4 is 11.3 Å². The second-order valence-electron chi connectivity index (χ2n) is 4.49. The number of hydrazine groups is 1. The van der Waals surface area contributed by atoms with Gasteiger partial charge in [0.15, 0.2) is 0 Å². The Hall–Kier alpha value is -0.930. The Morgan fingerprint density at radius 3 is 2.69 bits per heavy atom. The summed E-state index contributed by atoms with van der Waals surface area (Å²) in [6.07, 6.45) is 1.93. The molecule has 1 aromatic carbocycles. The molecular formula is C13H21FN2. The number of halogens is 1. The molecule has 0 bridgehead atoms. The molecular weight excluding hydrogens is 203 g/mol. The zero-order valence-corrected chi connectivity index (χ0v) is 10.3. The third-order valence-corrected chi connectivity index (χ3v) is 3.06. The number of nitrogens with one attached hydrogen (secondary N) is 1. The van der Waals surface area contributed by atoms with E-state index in [1.807, 2.05) is 13.0 Å². The van der Waals surface area contributed by atoms with E-state index in [9.17, 15) is 4.39 Å². The molecule has 0 heterocycles. The number of hydrogen-bond acceptors (Lipinski definition) is 2. The summed E-state index contributed by atoms with van der Waals surface area (Å²) in [5, 5.41) is 0. The van der Waals surface area contributed by atoms with Gasteiger partial charge in [-0.25, -0.2) is 4.39 Å². The molecule has 0 radical (unpaired) electrons. The highest BCUT2D eigenvalue weighted by atomic mass is 19.1. The third-order valence-electron chi connectivity index (χ3n) is 3.06.